The van der Waals surface area contributed by atoms with Gasteiger partial charge in [0.2, 0.25) is 5.95 Å². The third-order valence-electron chi connectivity index (χ3n) is 9.23. The Morgan fingerprint density at radius 2 is 1.13 bits per heavy atom. The van der Waals surface area contributed by atoms with Crippen molar-refractivity contribution in [3.8, 4) is 22.5 Å². The molecule has 3 heterocycles. The molecule has 0 unspecified atom stereocenters. The van der Waals surface area contributed by atoms with Crippen LogP contribution < -0.4 is 4.90 Å². The Morgan fingerprint density at radius 1 is 0.422 bits per heavy atom. The molecule has 0 saturated carbocycles. The minimum absolute atomic E-state index is 0.875. The zero-order valence-corrected chi connectivity index (χ0v) is 24.3. The smallest absolute Gasteiger partial charge is 0.220 e. The normalized spacial score (nSPS) is 12.4. The van der Waals surface area contributed by atoms with Crippen LogP contribution in [0.4, 0.5) is 17.3 Å². The fourth-order valence-corrected chi connectivity index (χ4v) is 7.31. The van der Waals surface area contributed by atoms with E-state index in [1.165, 1.54) is 38.2 Å². The molecule has 0 amide bonds. The van der Waals surface area contributed by atoms with E-state index in [1.807, 2.05) is 0 Å². The molecule has 0 N–H and O–H groups in total. The molecule has 45 heavy (non-hydrogen) atoms. The number of anilines is 3. The molecule has 9 aromatic rings. The third kappa shape index (κ3) is 3.39. The number of fused-ring (bicyclic) bond motifs is 12. The van der Waals surface area contributed by atoms with Gasteiger partial charge in [-0.1, -0.05) is 109 Å². The molecule has 4 heteroatoms. The predicted octanol–water partition coefficient (Wildman–Crippen LogP) is 10.7. The van der Waals surface area contributed by atoms with Crippen molar-refractivity contribution in [1.29, 1.82) is 0 Å². The zero-order chi connectivity index (χ0) is 29.5. The van der Waals surface area contributed by atoms with Crippen LogP contribution in [0.3, 0.4) is 0 Å². The first-order valence-corrected chi connectivity index (χ1v) is 15.3. The van der Waals surface area contributed by atoms with Crippen molar-refractivity contribution in [2.24, 2.45) is 0 Å². The highest BCUT2D eigenvalue weighted by atomic mass is 15.3. The molecule has 7 aromatic carbocycles. The van der Waals surface area contributed by atoms with Gasteiger partial charge in [0.1, 0.15) is 0 Å². The highest BCUT2D eigenvalue weighted by molar-refractivity contribution is 6.12. The summed E-state index contributed by atoms with van der Waals surface area (Å²) in [5, 5.41) is 4.85. The van der Waals surface area contributed by atoms with Crippen LogP contribution in [0.25, 0.3) is 66.1 Å². The number of hydrogen-bond donors (Lipinski definition) is 0. The number of hydrogen-bond acceptors (Lipinski definition) is 2. The Morgan fingerprint density at radius 3 is 2.04 bits per heavy atom. The molecule has 2 aromatic heterocycles. The summed E-state index contributed by atoms with van der Waals surface area (Å²) in [6.07, 6.45) is 0. The van der Waals surface area contributed by atoms with E-state index >= 15 is 0 Å². The number of benzene rings is 7. The maximum Gasteiger partial charge on any atom is 0.220 e. The van der Waals surface area contributed by atoms with Crippen LogP contribution in [0.15, 0.2) is 158 Å². The second-order valence-corrected chi connectivity index (χ2v) is 11.7. The molecule has 210 valence electrons. The minimum Gasteiger partial charge on any atom is -0.309 e. The van der Waals surface area contributed by atoms with E-state index in [2.05, 4.69) is 172 Å². The van der Waals surface area contributed by atoms with Crippen LogP contribution in [0.2, 0.25) is 0 Å². The monoisotopic (exact) mass is 574 g/mol. The summed E-state index contributed by atoms with van der Waals surface area (Å²) < 4.78 is 4.71. The van der Waals surface area contributed by atoms with Gasteiger partial charge in [-0.05, 0) is 53.9 Å². The fourth-order valence-electron chi connectivity index (χ4n) is 7.31. The van der Waals surface area contributed by atoms with Crippen molar-refractivity contribution in [2.45, 2.75) is 0 Å². The zero-order valence-electron chi connectivity index (χ0n) is 24.3. The second kappa shape index (κ2) is 9.18. The number of aromatic nitrogens is 3. The number of imidazole rings is 1. The lowest BCUT2D eigenvalue weighted by Gasteiger charge is -2.26. The molecule has 0 atom stereocenters. The average molecular weight is 575 g/mol. The molecule has 0 bridgehead atoms. The first-order chi connectivity index (χ1) is 22.3. The maximum atomic E-state index is 5.36. The molecule has 1 aliphatic heterocycles. The van der Waals surface area contributed by atoms with Crippen LogP contribution >= 0.6 is 0 Å². The first kappa shape index (κ1) is 24.3. The van der Waals surface area contributed by atoms with Gasteiger partial charge in [0.15, 0.2) is 0 Å². The van der Waals surface area contributed by atoms with E-state index in [4.69, 9.17) is 4.98 Å². The SMILES string of the molecule is c1ccc(-n2c3ccccc3c3ccc(N4c5c(ccc6ccccc56)-c5ccccc5-n5c4nc4ccccc45)cc32)cc1. The van der Waals surface area contributed by atoms with Crippen molar-refractivity contribution in [3.05, 3.63) is 158 Å². The van der Waals surface area contributed by atoms with E-state index in [1.54, 1.807) is 0 Å². The standard InChI is InChI=1S/C41H26N4/c1-2-13-28(14-3-1)43-36-19-9-6-16-31(36)33-25-23-29(26-39(33)43)44-40-30-15-5-4-12-27(30)22-24-34(40)32-17-7-10-20-37(32)45-38-21-11-8-18-35(38)42-41(44)45/h1-26H. The summed E-state index contributed by atoms with van der Waals surface area (Å²) in [6, 6.07) is 56.6. The van der Waals surface area contributed by atoms with Crippen LogP contribution in [0.1, 0.15) is 0 Å². The predicted molar refractivity (Wildman–Crippen MR) is 187 cm³/mol. The van der Waals surface area contributed by atoms with E-state index in [0.29, 0.717) is 0 Å². The third-order valence-corrected chi connectivity index (χ3v) is 9.23. The Labute approximate surface area is 259 Å². The molecular weight excluding hydrogens is 548 g/mol. The number of para-hydroxylation sites is 5. The minimum atomic E-state index is 0.875. The van der Waals surface area contributed by atoms with Gasteiger partial charge in [0.05, 0.1) is 39.1 Å². The van der Waals surface area contributed by atoms with Gasteiger partial charge in [-0.15, -0.1) is 0 Å². The molecule has 0 radical (unpaired) electrons. The average Bonchev–Trinajstić information content (AvgIpc) is 3.61. The van der Waals surface area contributed by atoms with E-state index in [9.17, 15) is 0 Å². The van der Waals surface area contributed by atoms with Crippen LogP contribution in [-0.2, 0) is 0 Å². The van der Waals surface area contributed by atoms with Crippen molar-refractivity contribution < 1.29 is 0 Å². The first-order valence-electron chi connectivity index (χ1n) is 15.3. The van der Waals surface area contributed by atoms with Gasteiger partial charge in [-0.2, -0.15) is 0 Å². The van der Waals surface area contributed by atoms with Gasteiger partial charge >= 0.3 is 0 Å². The lowest BCUT2D eigenvalue weighted by atomic mass is 9.96. The van der Waals surface area contributed by atoms with Gasteiger partial charge in [0, 0.05) is 33.0 Å². The fraction of sp³-hybridized carbons (Fsp3) is 0. The Balaban J connectivity index is 1.37. The number of nitrogens with zero attached hydrogens (tertiary/aromatic N) is 4. The van der Waals surface area contributed by atoms with Gasteiger partial charge in [-0.3, -0.25) is 9.47 Å². The van der Waals surface area contributed by atoms with Gasteiger partial charge in [-0.25, -0.2) is 4.98 Å². The van der Waals surface area contributed by atoms with Gasteiger partial charge < -0.3 is 4.57 Å². The summed E-state index contributed by atoms with van der Waals surface area (Å²) in [6.45, 7) is 0. The summed E-state index contributed by atoms with van der Waals surface area (Å²) in [7, 11) is 0. The summed E-state index contributed by atoms with van der Waals surface area (Å²) in [5.41, 5.74) is 11.2. The summed E-state index contributed by atoms with van der Waals surface area (Å²) >= 11 is 0. The quantitative estimate of drug-likeness (QED) is 0.205. The molecule has 0 saturated heterocycles. The molecule has 0 aliphatic carbocycles. The maximum absolute atomic E-state index is 5.36. The Kier molecular flexibility index (Phi) is 4.96. The second-order valence-electron chi connectivity index (χ2n) is 11.7. The Bertz CT molecular complexity index is 2610. The van der Waals surface area contributed by atoms with Crippen molar-refractivity contribution in [1.82, 2.24) is 14.1 Å². The lowest BCUT2D eigenvalue weighted by molar-refractivity contribution is 1.05. The van der Waals surface area contributed by atoms with Crippen molar-refractivity contribution in [2.75, 3.05) is 4.90 Å². The van der Waals surface area contributed by atoms with Gasteiger partial charge in [0.25, 0.3) is 0 Å². The van der Waals surface area contributed by atoms with E-state index in [-0.39, 0.29) is 0 Å². The Hall–Kier alpha value is -6.13. The largest absolute Gasteiger partial charge is 0.309 e. The summed E-state index contributed by atoms with van der Waals surface area (Å²) in [5.74, 6) is 0.875. The molecule has 0 fully saturated rings. The topological polar surface area (TPSA) is 26.0 Å². The molecule has 0 spiro atoms. The van der Waals surface area contributed by atoms with E-state index in [0.717, 1.165) is 45.2 Å². The van der Waals surface area contributed by atoms with E-state index < -0.39 is 0 Å². The lowest BCUT2D eigenvalue weighted by Crippen LogP contribution is -2.14. The summed E-state index contributed by atoms with van der Waals surface area (Å²) in [4.78, 5) is 7.74. The molecule has 1 aliphatic rings. The highest BCUT2D eigenvalue weighted by Gasteiger charge is 2.31. The molecule has 10 rings (SSSR count). The van der Waals surface area contributed by atoms with Crippen LogP contribution in [0.5, 0.6) is 0 Å². The highest BCUT2D eigenvalue weighted by Crippen LogP contribution is 2.51. The van der Waals surface area contributed by atoms with Crippen LogP contribution in [-0.4, -0.2) is 14.1 Å². The van der Waals surface area contributed by atoms with Crippen molar-refractivity contribution in [3.63, 3.8) is 0 Å². The number of rotatable bonds is 2. The van der Waals surface area contributed by atoms with Crippen LogP contribution in [0, 0.1) is 0 Å². The molecule has 4 nitrogen and oxygen atoms in total. The molecular formula is C41H26N4. The van der Waals surface area contributed by atoms with Crippen molar-refractivity contribution >= 4 is 60.9 Å².